The lowest BCUT2D eigenvalue weighted by Crippen LogP contribution is -2.50. The molecule has 0 spiro atoms. The van der Waals surface area contributed by atoms with Crippen molar-refractivity contribution in [3.63, 3.8) is 0 Å². The molecule has 1 aliphatic heterocycles. The highest BCUT2D eigenvalue weighted by molar-refractivity contribution is 9.10. The molecule has 6 heteroatoms. The Kier molecular flexibility index (Phi) is 7.88. The number of halogens is 1. The van der Waals surface area contributed by atoms with Gasteiger partial charge in [0, 0.05) is 29.9 Å². The Morgan fingerprint density at radius 1 is 1.15 bits per heavy atom. The minimum Gasteiger partial charge on any atom is -0.438 e. The molecule has 0 bridgehead atoms. The molecule has 2 aromatic rings. The van der Waals surface area contributed by atoms with Gasteiger partial charge in [0.15, 0.2) is 0 Å². The Balaban J connectivity index is 1.79. The van der Waals surface area contributed by atoms with Crippen molar-refractivity contribution in [2.45, 2.75) is 71.1 Å². The van der Waals surface area contributed by atoms with Crippen LogP contribution < -0.4 is 5.32 Å². The number of hydrogen-bond donors (Lipinski definition) is 1. The summed E-state index contributed by atoms with van der Waals surface area (Å²) < 4.78 is 7.29. The monoisotopic (exact) mass is 514 g/mol. The van der Waals surface area contributed by atoms with Crippen molar-refractivity contribution in [2.24, 2.45) is 5.92 Å². The third-order valence-electron chi connectivity index (χ3n) is 7.10. The summed E-state index contributed by atoms with van der Waals surface area (Å²) in [4.78, 5) is 26.7. The fraction of sp³-hybridized carbons (Fsp3) is 0.481. The highest BCUT2D eigenvalue weighted by Gasteiger charge is 2.44. The van der Waals surface area contributed by atoms with Gasteiger partial charge in [-0.05, 0) is 62.8 Å². The number of amides is 2. The molecule has 1 aliphatic rings. The fourth-order valence-corrected chi connectivity index (χ4v) is 4.86. The lowest BCUT2D eigenvalue weighted by atomic mass is 9.78. The Labute approximate surface area is 206 Å². The van der Waals surface area contributed by atoms with Crippen LogP contribution in [0.4, 0.5) is 4.79 Å². The van der Waals surface area contributed by atoms with E-state index in [1.54, 1.807) is 6.92 Å². The summed E-state index contributed by atoms with van der Waals surface area (Å²) in [7, 11) is 0. The second-order valence-electron chi connectivity index (χ2n) is 9.74. The van der Waals surface area contributed by atoms with Gasteiger partial charge in [-0.3, -0.25) is 4.79 Å². The molecule has 1 heterocycles. The third kappa shape index (κ3) is 5.97. The van der Waals surface area contributed by atoms with Gasteiger partial charge in [-0.25, -0.2) is 4.79 Å². The minimum absolute atomic E-state index is 0.0358. The first-order valence-corrected chi connectivity index (χ1v) is 12.4. The van der Waals surface area contributed by atoms with Crippen LogP contribution in [0.1, 0.15) is 71.0 Å². The average molecular weight is 515 g/mol. The topological polar surface area (TPSA) is 58.6 Å². The number of ether oxygens (including phenoxy) is 1. The molecule has 2 amide bonds. The second-order valence-corrected chi connectivity index (χ2v) is 10.7. The molecule has 2 unspecified atom stereocenters. The molecule has 1 N–H and O–H groups in total. The zero-order valence-electron chi connectivity index (χ0n) is 20.2. The number of cyclic esters (lactones) is 1. The van der Waals surface area contributed by atoms with E-state index >= 15 is 0 Å². The van der Waals surface area contributed by atoms with Crippen LogP contribution in [0.3, 0.4) is 0 Å². The van der Waals surface area contributed by atoms with E-state index in [9.17, 15) is 9.59 Å². The number of benzene rings is 2. The molecule has 0 radical (unpaired) electrons. The van der Waals surface area contributed by atoms with Crippen LogP contribution in [0.15, 0.2) is 59.1 Å². The van der Waals surface area contributed by atoms with Crippen molar-refractivity contribution < 1.29 is 14.3 Å². The summed E-state index contributed by atoms with van der Waals surface area (Å²) in [6.07, 6.45) is 1.96. The number of nitrogens with zero attached hydrogens (tertiary/aromatic N) is 1. The Hall–Kier alpha value is -2.34. The summed E-state index contributed by atoms with van der Waals surface area (Å²) in [6.45, 7) is 10.4. The maximum absolute atomic E-state index is 13.3. The zero-order valence-corrected chi connectivity index (χ0v) is 21.8. The van der Waals surface area contributed by atoms with Gasteiger partial charge < -0.3 is 15.0 Å². The number of nitrogens with one attached hydrogen (secondary N) is 1. The van der Waals surface area contributed by atoms with Crippen molar-refractivity contribution in [1.29, 1.82) is 0 Å². The van der Waals surface area contributed by atoms with Gasteiger partial charge >= 0.3 is 6.09 Å². The Morgan fingerprint density at radius 3 is 2.36 bits per heavy atom. The minimum atomic E-state index is -0.672. The smallest absolute Gasteiger partial charge is 0.411 e. The predicted molar refractivity (Wildman–Crippen MR) is 135 cm³/mol. The Morgan fingerprint density at radius 2 is 1.79 bits per heavy atom. The van der Waals surface area contributed by atoms with E-state index in [1.165, 1.54) is 0 Å². The largest absolute Gasteiger partial charge is 0.438 e. The number of rotatable bonds is 8. The first kappa shape index (κ1) is 25.3. The van der Waals surface area contributed by atoms with E-state index < -0.39 is 5.60 Å². The molecule has 3 atom stereocenters. The average Bonchev–Trinajstić information content (AvgIpc) is 2.77. The normalized spacial score (nSPS) is 20.7. The van der Waals surface area contributed by atoms with Crippen LogP contribution >= 0.6 is 15.9 Å². The molecule has 2 aromatic carbocycles. The van der Waals surface area contributed by atoms with Gasteiger partial charge in [0.05, 0.1) is 6.04 Å². The van der Waals surface area contributed by atoms with E-state index in [0.29, 0.717) is 13.0 Å². The quantitative estimate of drug-likeness (QED) is 0.432. The lowest BCUT2D eigenvalue weighted by Gasteiger charge is -2.44. The number of carbonyl (C=O) groups excluding carboxylic acids is 2. The van der Waals surface area contributed by atoms with Crippen LogP contribution in [0.2, 0.25) is 0 Å². The highest BCUT2D eigenvalue weighted by atomic mass is 79.9. The first-order chi connectivity index (χ1) is 15.5. The molecule has 3 rings (SSSR count). The molecule has 0 aromatic heterocycles. The van der Waals surface area contributed by atoms with Crippen LogP contribution in [0.5, 0.6) is 0 Å². The zero-order chi connectivity index (χ0) is 24.2. The van der Waals surface area contributed by atoms with E-state index in [-0.39, 0.29) is 29.5 Å². The molecular weight excluding hydrogens is 480 g/mol. The molecular formula is C27H35BrN2O3. The fourth-order valence-electron chi connectivity index (χ4n) is 4.60. The van der Waals surface area contributed by atoms with Gasteiger partial charge in [-0.2, -0.15) is 0 Å². The molecule has 1 fully saturated rings. The molecule has 0 saturated carbocycles. The van der Waals surface area contributed by atoms with Crippen LogP contribution in [0.25, 0.3) is 0 Å². The summed E-state index contributed by atoms with van der Waals surface area (Å²) in [5, 5.41) is 3.05. The van der Waals surface area contributed by atoms with E-state index in [4.69, 9.17) is 4.74 Å². The maximum Gasteiger partial charge on any atom is 0.411 e. The molecule has 1 saturated heterocycles. The van der Waals surface area contributed by atoms with Crippen molar-refractivity contribution in [3.8, 4) is 0 Å². The van der Waals surface area contributed by atoms with E-state index in [1.807, 2.05) is 80.3 Å². The number of hydrogen-bond acceptors (Lipinski definition) is 3. The Bertz CT molecular complexity index is 961. The first-order valence-electron chi connectivity index (χ1n) is 11.6. The summed E-state index contributed by atoms with van der Waals surface area (Å²) in [5.74, 6) is 0.173. The third-order valence-corrected chi connectivity index (χ3v) is 7.63. The SMILES string of the molecule is CC(=O)NC(C)(C)C(C)CC[C@]1(c2ccccc2)CCN(C(C)c2ccc(Br)cc2)C(=O)O1. The molecule has 5 nitrogen and oxygen atoms in total. The lowest BCUT2D eigenvalue weighted by molar-refractivity contribution is -0.121. The predicted octanol–water partition coefficient (Wildman–Crippen LogP) is 6.58. The molecule has 0 aliphatic carbocycles. The van der Waals surface area contributed by atoms with Gasteiger partial charge in [0.2, 0.25) is 5.91 Å². The summed E-state index contributed by atoms with van der Waals surface area (Å²) in [5.41, 5.74) is 1.09. The second kappa shape index (κ2) is 10.3. The molecule has 33 heavy (non-hydrogen) atoms. The van der Waals surface area contributed by atoms with Gasteiger partial charge in [0.25, 0.3) is 0 Å². The van der Waals surface area contributed by atoms with Crippen LogP contribution in [-0.2, 0) is 15.1 Å². The van der Waals surface area contributed by atoms with Gasteiger partial charge in [-0.1, -0.05) is 65.3 Å². The van der Waals surface area contributed by atoms with Gasteiger partial charge in [-0.15, -0.1) is 0 Å². The summed E-state index contributed by atoms with van der Waals surface area (Å²) >= 11 is 3.47. The molecule has 178 valence electrons. The van der Waals surface area contributed by atoms with Crippen molar-refractivity contribution >= 4 is 27.9 Å². The number of carbonyl (C=O) groups is 2. The van der Waals surface area contributed by atoms with Crippen LogP contribution in [0, 0.1) is 5.92 Å². The highest BCUT2D eigenvalue weighted by Crippen LogP contribution is 2.42. The van der Waals surface area contributed by atoms with E-state index in [2.05, 4.69) is 28.2 Å². The maximum atomic E-state index is 13.3. The van der Waals surface area contributed by atoms with Gasteiger partial charge in [0.1, 0.15) is 5.60 Å². The van der Waals surface area contributed by atoms with Crippen molar-refractivity contribution in [2.75, 3.05) is 6.54 Å². The van der Waals surface area contributed by atoms with E-state index in [0.717, 1.165) is 28.4 Å². The van der Waals surface area contributed by atoms with Crippen LogP contribution in [-0.4, -0.2) is 29.0 Å². The standard InChI is InChI=1S/C27H35BrN2O3/c1-19(26(4,5)29-21(3)31)15-16-27(23-9-7-6-8-10-23)17-18-30(25(32)33-27)20(2)22-11-13-24(28)14-12-22/h6-14,19-20H,15-18H2,1-5H3,(H,29,31)/t19?,20?,27-/m1/s1. The summed E-state index contributed by atoms with van der Waals surface area (Å²) in [6, 6.07) is 18.0. The van der Waals surface area contributed by atoms with Crippen molar-refractivity contribution in [3.05, 3.63) is 70.2 Å². The van der Waals surface area contributed by atoms with Crippen molar-refractivity contribution in [1.82, 2.24) is 10.2 Å².